The van der Waals surface area contributed by atoms with Gasteiger partial charge in [-0.2, -0.15) is 0 Å². The van der Waals surface area contributed by atoms with E-state index in [1.165, 1.54) is 10.8 Å². The van der Waals surface area contributed by atoms with Crippen LogP contribution >= 0.6 is 0 Å². The summed E-state index contributed by atoms with van der Waals surface area (Å²) in [5.74, 6) is 0. The molecule has 5 rings (SSSR count). The molecule has 0 bridgehead atoms. The Morgan fingerprint density at radius 3 is 1.81 bits per heavy atom. The zero-order valence-corrected chi connectivity index (χ0v) is 20.9. The van der Waals surface area contributed by atoms with Gasteiger partial charge in [-0.25, -0.2) is 0 Å². The number of ether oxygens (including phenoxy) is 4. The lowest BCUT2D eigenvalue weighted by atomic mass is 9.96. The molecule has 0 aromatic heterocycles. The molecule has 37 heavy (non-hydrogen) atoms. The zero-order chi connectivity index (χ0) is 25.6. The van der Waals surface area contributed by atoms with Gasteiger partial charge in [0.2, 0.25) is 0 Å². The second-order valence-electron chi connectivity index (χ2n) is 9.39. The average molecular weight is 499 g/mol. The van der Waals surface area contributed by atoms with Crippen molar-refractivity contribution in [3.05, 3.63) is 109 Å². The van der Waals surface area contributed by atoms with E-state index < -0.39 is 30.6 Å². The van der Waals surface area contributed by atoms with Crippen LogP contribution in [0.25, 0.3) is 21.5 Å². The Morgan fingerprint density at radius 2 is 1.27 bits per heavy atom. The van der Waals surface area contributed by atoms with Crippen molar-refractivity contribution in [2.24, 2.45) is 11.5 Å². The molecule has 6 nitrogen and oxygen atoms in total. The standard InChI is InChI=1S/C31H34N2O4/c1-2-15-34-31-28(33)30(36-20-22-12-14-24-8-4-6-10-26(24)17-22)29(27(18-32)37-31)35-19-21-11-13-23-7-3-5-9-25(23)16-21/h2-14,16-17,27-31H,1,15,18-20,32-33H2/t27-,28-,29-,30-,31+/m1/s1. The van der Waals surface area contributed by atoms with E-state index in [2.05, 4.69) is 67.2 Å². The van der Waals surface area contributed by atoms with Gasteiger partial charge in [0.05, 0.1) is 25.9 Å². The third-order valence-electron chi connectivity index (χ3n) is 6.82. The van der Waals surface area contributed by atoms with Gasteiger partial charge in [0, 0.05) is 6.54 Å². The first-order valence-corrected chi connectivity index (χ1v) is 12.7. The Balaban J connectivity index is 1.35. The smallest absolute Gasteiger partial charge is 0.176 e. The van der Waals surface area contributed by atoms with Gasteiger partial charge < -0.3 is 30.4 Å². The van der Waals surface area contributed by atoms with Crippen LogP contribution < -0.4 is 11.5 Å². The van der Waals surface area contributed by atoms with Gasteiger partial charge in [0.1, 0.15) is 18.3 Å². The van der Waals surface area contributed by atoms with E-state index in [0.717, 1.165) is 21.9 Å². The molecule has 4 aromatic rings. The summed E-state index contributed by atoms with van der Waals surface area (Å²) in [5.41, 5.74) is 14.9. The van der Waals surface area contributed by atoms with Crippen molar-refractivity contribution >= 4 is 21.5 Å². The molecular weight excluding hydrogens is 464 g/mol. The molecule has 0 aliphatic carbocycles. The molecule has 4 aromatic carbocycles. The summed E-state index contributed by atoms with van der Waals surface area (Å²) in [6.07, 6.45) is -0.384. The number of rotatable bonds is 10. The molecule has 0 spiro atoms. The summed E-state index contributed by atoms with van der Waals surface area (Å²) in [7, 11) is 0. The topological polar surface area (TPSA) is 89.0 Å². The SMILES string of the molecule is C=CCO[C@H]1O[C@H](CN)[C@@H](OCc2ccc3ccccc3c2)[C@H](OCc2ccc3ccccc3c2)[C@H]1N. The Bertz CT molecular complexity index is 1340. The second kappa shape index (κ2) is 12.0. The molecule has 1 aliphatic rings. The average Bonchev–Trinajstić information content (AvgIpc) is 2.94. The molecule has 5 atom stereocenters. The summed E-state index contributed by atoms with van der Waals surface area (Å²) < 4.78 is 24.8. The lowest BCUT2D eigenvalue weighted by molar-refractivity contribution is -0.273. The van der Waals surface area contributed by atoms with Gasteiger partial charge in [0.15, 0.2) is 6.29 Å². The normalized spacial score (nSPS) is 23.9. The molecule has 1 heterocycles. The second-order valence-corrected chi connectivity index (χ2v) is 9.39. The van der Waals surface area contributed by atoms with Crippen molar-refractivity contribution in [1.29, 1.82) is 0 Å². The van der Waals surface area contributed by atoms with Crippen LogP contribution in [-0.4, -0.2) is 43.8 Å². The lowest BCUT2D eigenvalue weighted by Gasteiger charge is -2.44. The van der Waals surface area contributed by atoms with Crippen LogP contribution in [-0.2, 0) is 32.2 Å². The predicted molar refractivity (Wildman–Crippen MR) is 147 cm³/mol. The van der Waals surface area contributed by atoms with Gasteiger partial charge in [-0.15, -0.1) is 6.58 Å². The highest BCUT2D eigenvalue weighted by Crippen LogP contribution is 2.28. The van der Waals surface area contributed by atoms with E-state index in [9.17, 15) is 0 Å². The molecule has 0 unspecified atom stereocenters. The summed E-state index contributed by atoms with van der Waals surface area (Å²) in [6, 6.07) is 28.6. The minimum absolute atomic E-state index is 0.249. The number of hydrogen-bond acceptors (Lipinski definition) is 6. The van der Waals surface area contributed by atoms with Crippen LogP contribution in [0.1, 0.15) is 11.1 Å². The first-order valence-electron chi connectivity index (χ1n) is 12.7. The summed E-state index contributed by atoms with van der Waals surface area (Å²) in [6.45, 7) is 5.06. The molecule has 1 aliphatic heterocycles. The van der Waals surface area contributed by atoms with Crippen molar-refractivity contribution in [2.45, 2.75) is 43.9 Å². The monoisotopic (exact) mass is 498 g/mol. The maximum Gasteiger partial charge on any atom is 0.176 e. The first kappa shape index (κ1) is 25.5. The molecule has 0 radical (unpaired) electrons. The maximum absolute atomic E-state index is 6.64. The minimum Gasteiger partial charge on any atom is -0.369 e. The molecule has 0 saturated carbocycles. The summed E-state index contributed by atoms with van der Waals surface area (Å²) >= 11 is 0. The molecule has 1 fully saturated rings. The predicted octanol–water partition coefficient (Wildman–Crippen LogP) is 4.68. The van der Waals surface area contributed by atoms with Crippen molar-refractivity contribution in [1.82, 2.24) is 0 Å². The first-order chi connectivity index (χ1) is 18.2. The molecule has 192 valence electrons. The van der Waals surface area contributed by atoms with Crippen molar-refractivity contribution < 1.29 is 18.9 Å². The van der Waals surface area contributed by atoms with Crippen LogP contribution in [0.15, 0.2) is 97.6 Å². The summed E-state index contributed by atoms with van der Waals surface area (Å²) in [4.78, 5) is 0. The fourth-order valence-corrected chi connectivity index (χ4v) is 4.88. The Hall–Kier alpha value is -3.10. The third kappa shape index (κ3) is 5.91. The van der Waals surface area contributed by atoms with Gasteiger partial charge in [0.25, 0.3) is 0 Å². The van der Waals surface area contributed by atoms with Crippen LogP contribution in [0.2, 0.25) is 0 Å². The van der Waals surface area contributed by atoms with Crippen molar-refractivity contribution in [3.63, 3.8) is 0 Å². The quantitative estimate of drug-likeness (QED) is 0.309. The van der Waals surface area contributed by atoms with E-state index in [1.54, 1.807) is 6.08 Å². The fraction of sp³-hybridized carbons (Fsp3) is 0.290. The molecule has 4 N–H and O–H groups in total. The minimum atomic E-state index is -0.673. The highest BCUT2D eigenvalue weighted by Gasteiger charge is 2.46. The van der Waals surface area contributed by atoms with Gasteiger partial charge in [-0.3, -0.25) is 0 Å². The highest BCUT2D eigenvalue weighted by molar-refractivity contribution is 5.83. The van der Waals surface area contributed by atoms with Crippen LogP contribution in [0.4, 0.5) is 0 Å². The van der Waals surface area contributed by atoms with E-state index in [1.807, 2.05) is 24.3 Å². The zero-order valence-electron chi connectivity index (χ0n) is 20.9. The molecular formula is C31H34N2O4. The lowest BCUT2D eigenvalue weighted by Crippen LogP contribution is -2.64. The van der Waals surface area contributed by atoms with Gasteiger partial charge in [-0.1, -0.05) is 78.9 Å². The molecule has 6 heteroatoms. The van der Waals surface area contributed by atoms with E-state index in [-0.39, 0.29) is 6.54 Å². The number of benzene rings is 4. The van der Waals surface area contributed by atoms with E-state index in [4.69, 9.17) is 30.4 Å². The highest BCUT2D eigenvalue weighted by atomic mass is 16.7. The van der Waals surface area contributed by atoms with Crippen molar-refractivity contribution in [2.75, 3.05) is 13.2 Å². The summed E-state index contributed by atoms with van der Waals surface area (Å²) in [5, 5.41) is 4.70. The Kier molecular flexibility index (Phi) is 8.26. The van der Waals surface area contributed by atoms with Gasteiger partial charge >= 0.3 is 0 Å². The van der Waals surface area contributed by atoms with E-state index >= 15 is 0 Å². The van der Waals surface area contributed by atoms with E-state index in [0.29, 0.717) is 19.8 Å². The number of nitrogens with two attached hydrogens (primary N) is 2. The third-order valence-corrected chi connectivity index (χ3v) is 6.82. The van der Waals surface area contributed by atoms with Crippen molar-refractivity contribution in [3.8, 4) is 0 Å². The van der Waals surface area contributed by atoms with Gasteiger partial charge in [-0.05, 0) is 44.8 Å². The number of hydrogen-bond donors (Lipinski definition) is 2. The molecule has 1 saturated heterocycles. The molecule has 0 amide bonds. The Morgan fingerprint density at radius 1 is 0.730 bits per heavy atom. The van der Waals surface area contributed by atoms with Crippen LogP contribution in [0.5, 0.6) is 0 Å². The Labute approximate surface area is 217 Å². The van der Waals surface area contributed by atoms with Crippen LogP contribution in [0, 0.1) is 0 Å². The fourth-order valence-electron chi connectivity index (χ4n) is 4.88. The number of fused-ring (bicyclic) bond motifs is 2. The largest absolute Gasteiger partial charge is 0.369 e. The maximum atomic E-state index is 6.64. The van der Waals surface area contributed by atoms with Crippen LogP contribution in [0.3, 0.4) is 0 Å².